The summed E-state index contributed by atoms with van der Waals surface area (Å²) in [5.74, 6) is 2.41. The van der Waals surface area contributed by atoms with Crippen molar-refractivity contribution >= 4 is 17.2 Å². The fraction of sp³-hybridized carbons (Fsp3) is 0.409. The molecule has 2 aromatic heterocycles. The number of likely N-dealkylation sites (tertiary alicyclic amines) is 1. The van der Waals surface area contributed by atoms with Crippen molar-refractivity contribution in [1.29, 1.82) is 0 Å². The fourth-order valence-electron chi connectivity index (χ4n) is 4.54. The number of benzene rings is 1. The zero-order valence-electron chi connectivity index (χ0n) is 16.5. The van der Waals surface area contributed by atoms with Gasteiger partial charge in [-0.3, -0.25) is 9.69 Å². The molecular weight excluding hydrogens is 382 g/mol. The molecule has 1 fully saturated rings. The molecule has 1 saturated heterocycles. The molecule has 150 valence electrons. The molecule has 0 radical (unpaired) electrons. The van der Waals surface area contributed by atoms with Gasteiger partial charge in [0.25, 0.3) is 5.91 Å². The molecule has 1 N–H and O–H groups in total. The number of amides is 1. The van der Waals surface area contributed by atoms with Crippen molar-refractivity contribution in [1.82, 2.24) is 25.0 Å². The quantitative estimate of drug-likeness (QED) is 0.706. The molecule has 3 aromatic rings. The Balaban J connectivity index is 1.24. The lowest BCUT2D eigenvalue weighted by atomic mass is 9.89. The summed E-state index contributed by atoms with van der Waals surface area (Å²) in [6.45, 7) is 6.73. The maximum atomic E-state index is 12.7. The summed E-state index contributed by atoms with van der Waals surface area (Å²) in [5, 5.41) is 13.7. The summed E-state index contributed by atoms with van der Waals surface area (Å²) < 4.78 is 2.04. The average molecular weight is 408 g/mol. The van der Waals surface area contributed by atoms with Crippen molar-refractivity contribution < 1.29 is 4.79 Å². The first-order chi connectivity index (χ1) is 14.2. The van der Waals surface area contributed by atoms with Crippen LogP contribution in [0.1, 0.15) is 32.4 Å². The maximum Gasteiger partial charge on any atom is 0.289 e. The maximum absolute atomic E-state index is 12.7. The van der Waals surface area contributed by atoms with Crippen LogP contribution in [0.15, 0.2) is 41.8 Å². The largest absolute Gasteiger partial charge is 0.345 e. The number of fused-ring (bicyclic) bond motifs is 2. The van der Waals surface area contributed by atoms with Crippen LogP contribution in [0.3, 0.4) is 0 Å². The highest BCUT2D eigenvalue weighted by Gasteiger charge is 2.39. The molecule has 0 saturated carbocycles. The van der Waals surface area contributed by atoms with Gasteiger partial charge in [0.1, 0.15) is 5.82 Å². The molecular formula is C22H25N5OS. The van der Waals surface area contributed by atoms with Crippen LogP contribution in [0, 0.1) is 18.8 Å². The van der Waals surface area contributed by atoms with Gasteiger partial charge in [0, 0.05) is 44.0 Å². The second-order valence-electron chi connectivity index (χ2n) is 8.16. The minimum atomic E-state index is -0.143. The van der Waals surface area contributed by atoms with Crippen molar-refractivity contribution in [3.05, 3.63) is 69.4 Å². The molecule has 2 aliphatic rings. The topological polar surface area (TPSA) is 63.1 Å². The van der Waals surface area contributed by atoms with E-state index in [4.69, 9.17) is 0 Å². The van der Waals surface area contributed by atoms with Gasteiger partial charge in [-0.15, -0.1) is 21.5 Å². The summed E-state index contributed by atoms with van der Waals surface area (Å²) in [6.07, 6.45) is 0.906. The van der Waals surface area contributed by atoms with E-state index in [1.807, 2.05) is 46.2 Å². The van der Waals surface area contributed by atoms with Crippen LogP contribution < -0.4 is 5.32 Å². The lowest BCUT2D eigenvalue weighted by molar-refractivity contribution is 0.0932. The SMILES string of the molecule is Cc1ccsc1CN1C[C@@H]2Cc3nnc(C(=O)NCc4ccccc4)n3C[C@@H]2C1. The van der Waals surface area contributed by atoms with E-state index in [9.17, 15) is 4.79 Å². The average Bonchev–Trinajstić information content (AvgIpc) is 3.43. The van der Waals surface area contributed by atoms with Gasteiger partial charge in [0.15, 0.2) is 0 Å². The van der Waals surface area contributed by atoms with E-state index in [1.54, 1.807) is 0 Å². The van der Waals surface area contributed by atoms with Crippen LogP contribution in [0.4, 0.5) is 0 Å². The zero-order chi connectivity index (χ0) is 19.8. The molecule has 6 nitrogen and oxygen atoms in total. The number of hydrogen-bond acceptors (Lipinski definition) is 5. The highest BCUT2D eigenvalue weighted by Crippen LogP contribution is 2.34. The van der Waals surface area contributed by atoms with Gasteiger partial charge < -0.3 is 9.88 Å². The molecule has 5 rings (SSSR count). The van der Waals surface area contributed by atoms with Gasteiger partial charge in [-0.1, -0.05) is 30.3 Å². The Hall–Kier alpha value is -2.51. The first-order valence-electron chi connectivity index (χ1n) is 10.2. The summed E-state index contributed by atoms with van der Waals surface area (Å²) in [6, 6.07) is 12.1. The van der Waals surface area contributed by atoms with E-state index in [0.29, 0.717) is 24.2 Å². The number of aromatic nitrogens is 3. The van der Waals surface area contributed by atoms with Gasteiger partial charge in [0.05, 0.1) is 0 Å². The minimum Gasteiger partial charge on any atom is -0.345 e. The first kappa shape index (κ1) is 18.5. The van der Waals surface area contributed by atoms with Gasteiger partial charge in [-0.05, 0) is 41.3 Å². The highest BCUT2D eigenvalue weighted by molar-refractivity contribution is 7.10. The number of hydrogen-bond donors (Lipinski definition) is 1. The third kappa shape index (κ3) is 3.72. The molecule has 29 heavy (non-hydrogen) atoms. The van der Waals surface area contributed by atoms with Crippen LogP contribution >= 0.6 is 11.3 Å². The van der Waals surface area contributed by atoms with E-state index < -0.39 is 0 Å². The molecule has 0 aliphatic carbocycles. The van der Waals surface area contributed by atoms with E-state index >= 15 is 0 Å². The second kappa shape index (κ2) is 7.72. The highest BCUT2D eigenvalue weighted by atomic mass is 32.1. The number of nitrogens with zero attached hydrogens (tertiary/aromatic N) is 4. The Labute approximate surface area is 174 Å². The standard InChI is InChI=1S/C22H25N5OS/c1-15-7-8-29-19(15)14-26-11-17-9-20-24-25-21(27(20)13-18(17)12-26)22(28)23-10-16-5-3-2-4-6-16/h2-8,17-18H,9-14H2,1H3,(H,23,28)/t17-,18-/m0/s1. The summed E-state index contributed by atoms with van der Waals surface area (Å²) >= 11 is 1.85. The Morgan fingerprint density at radius 1 is 1.14 bits per heavy atom. The van der Waals surface area contributed by atoms with E-state index in [2.05, 4.69) is 38.8 Å². The van der Waals surface area contributed by atoms with Gasteiger partial charge in [-0.25, -0.2) is 0 Å². The van der Waals surface area contributed by atoms with Gasteiger partial charge >= 0.3 is 0 Å². The summed E-state index contributed by atoms with van der Waals surface area (Å²) in [7, 11) is 0. The third-order valence-corrected chi connectivity index (χ3v) is 7.18. The molecule has 0 spiro atoms. The molecule has 0 bridgehead atoms. The van der Waals surface area contributed by atoms with Crippen LogP contribution in [0.25, 0.3) is 0 Å². The van der Waals surface area contributed by atoms with Crippen molar-refractivity contribution in [3.63, 3.8) is 0 Å². The first-order valence-corrected chi connectivity index (χ1v) is 11.0. The van der Waals surface area contributed by atoms with Crippen LogP contribution in [-0.2, 0) is 26.1 Å². The fourth-order valence-corrected chi connectivity index (χ4v) is 5.49. The van der Waals surface area contributed by atoms with E-state index in [0.717, 1.165) is 44.0 Å². The third-order valence-electron chi connectivity index (χ3n) is 6.18. The number of carbonyl (C=O) groups excluding carboxylic acids is 1. The zero-order valence-corrected chi connectivity index (χ0v) is 17.4. The van der Waals surface area contributed by atoms with Crippen molar-refractivity contribution in [3.8, 4) is 0 Å². The minimum absolute atomic E-state index is 0.143. The molecule has 1 aromatic carbocycles. The van der Waals surface area contributed by atoms with E-state index in [-0.39, 0.29) is 5.91 Å². The number of nitrogens with one attached hydrogen (secondary N) is 1. The van der Waals surface area contributed by atoms with Crippen LogP contribution in [0.2, 0.25) is 0 Å². The lowest BCUT2D eigenvalue weighted by Gasteiger charge is -2.25. The van der Waals surface area contributed by atoms with Crippen molar-refractivity contribution in [2.24, 2.45) is 11.8 Å². The van der Waals surface area contributed by atoms with Crippen LogP contribution in [0.5, 0.6) is 0 Å². The summed E-state index contributed by atoms with van der Waals surface area (Å²) in [5.41, 5.74) is 2.47. The molecule has 1 amide bonds. The van der Waals surface area contributed by atoms with E-state index in [1.165, 1.54) is 10.4 Å². The Kier molecular flexibility index (Phi) is 4.93. The van der Waals surface area contributed by atoms with Gasteiger partial charge in [-0.2, -0.15) is 0 Å². The number of thiophene rings is 1. The molecule has 7 heteroatoms. The normalized spacial score (nSPS) is 21.0. The van der Waals surface area contributed by atoms with Crippen molar-refractivity contribution in [2.45, 2.75) is 33.0 Å². The second-order valence-corrected chi connectivity index (χ2v) is 9.16. The predicted molar refractivity (Wildman–Crippen MR) is 113 cm³/mol. The monoisotopic (exact) mass is 407 g/mol. The van der Waals surface area contributed by atoms with Crippen LogP contribution in [-0.4, -0.2) is 38.7 Å². The Morgan fingerprint density at radius 2 is 1.97 bits per heavy atom. The lowest BCUT2D eigenvalue weighted by Crippen LogP contribution is -2.32. The predicted octanol–water partition coefficient (Wildman–Crippen LogP) is 2.88. The number of aryl methyl sites for hydroxylation is 1. The summed E-state index contributed by atoms with van der Waals surface area (Å²) in [4.78, 5) is 16.7. The smallest absolute Gasteiger partial charge is 0.289 e. The van der Waals surface area contributed by atoms with Gasteiger partial charge in [0.2, 0.25) is 5.82 Å². The van der Waals surface area contributed by atoms with Crippen molar-refractivity contribution in [2.75, 3.05) is 13.1 Å². The molecule has 0 unspecified atom stereocenters. The Bertz CT molecular complexity index is 1010. The molecule has 2 atom stereocenters. The number of rotatable bonds is 5. The molecule has 2 aliphatic heterocycles. The Morgan fingerprint density at radius 3 is 2.76 bits per heavy atom. The molecule has 4 heterocycles. The number of carbonyl (C=O) groups is 1.